The van der Waals surface area contributed by atoms with E-state index in [4.69, 9.17) is 15.4 Å². The standard InChI is InChI=1S/C14H21ClO3S/c1-3-13-4-6-14(7-5-13)18-10-8-12(2)9-11-19(15,16)17/h4-7,12H,3,8-11H2,1-2H3. The van der Waals surface area contributed by atoms with E-state index >= 15 is 0 Å². The van der Waals surface area contributed by atoms with Crippen molar-refractivity contribution in [2.45, 2.75) is 33.1 Å². The molecule has 5 heteroatoms. The van der Waals surface area contributed by atoms with E-state index in [0.717, 1.165) is 18.6 Å². The van der Waals surface area contributed by atoms with Crippen LogP contribution in [0.3, 0.4) is 0 Å². The molecule has 0 aliphatic rings. The van der Waals surface area contributed by atoms with Gasteiger partial charge in [0.05, 0.1) is 12.4 Å². The fraction of sp³-hybridized carbons (Fsp3) is 0.571. The molecule has 3 nitrogen and oxygen atoms in total. The summed E-state index contributed by atoms with van der Waals surface area (Å²) in [7, 11) is 1.80. The van der Waals surface area contributed by atoms with Crippen molar-refractivity contribution >= 4 is 19.7 Å². The molecule has 0 fully saturated rings. The molecule has 0 saturated heterocycles. The SMILES string of the molecule is CCc1ccc(OCCC(C)CCS(=O)(=O)Cl)cc1. The molecule has 0 aliphatic carbocycles. The number of benzene rings is 1. The molecule has 0 saturated carbocycles. The molecule has 0 N–H and O–H groups in total. The van der Waals surface area contributed by atoms with Crippen molar-refractivity contribution in [3.63, 3.8) is 0 Å². The van der Waals surface area contributed by atoms with Gasteiger partial charge in [-0.25, -0.2) is 8.42 Å². The lowest BCUT2D eigenvalue weighted by Gasteiger charge is -2.11. The van der Waals surface area contributed by atoms with Crippen molar-refractivity contribution in [2.75, 3.05) is 12.4 Å². The molecule has 1 aromatic rings. The molecule has 1 aromatic carbocycles. The third-order valence-electron chi connectivity index (χ3n) is 3.07. The predicted octanol–water partition coefficient (Wildman–Crippen LogP) is 3.61. The lowest BCUT2D eigenvalue weighted by atomic mass is 10.1. The van der Waals surface area contributed by atoms with Crippen LogP contribution in [0.2, 0.25) is 0 Å². The summed E-state index contributed by atoms with van der Waals surface area (Å²) >= 11 is 0. The van der Waals surface area contributed by atoms with Crippen molar-refractivity contribution in [3.05, 3.63) is 29.8 Å². The van der Waals surface area contributed by atoms with Gasteiger partial charge in [0.25, 0.3) is 0 Å². The first-order chi connectivity index (χ1) is 8.90. The van der Waals surface area contributed by atoms with Crippen LogP contribution < -0.4 is 4.74 Å². The Balaban J connectivity index is 2.25. The molecule has 0 bridgehead atoms. The minimum absolute atomic E-state index is 0.0287. The first-order valence-electron chi connectivity index (χ1n) is 6.54. The number of aryl methyl sites for hydroxylation is 1. The highest BCUT2D eigenvalue weighted by molar-refractivity contribution is 8.13. The maximum atomic E-state index is 10.8. The van der Waals surface area contributed by atoms with Gasteiger partial charge in [-0.1, -0.05) is 26.0 Å². The first kappa shape index (κ1) is 16.3. The molecule has 1 unspecified atom stereocenters. The van der Waals surface area contributed by atoms with Crippen LogP contribution in [0.4, 0.5) is 0 Å². The van der Waals surface area contributed by atoms with Gasteiger partial charge in [0, 0.05) is 10.7 Å². The topological polar surface area (TPSA) is 43.4 Å². The van der Waals surface area contributed by atoms with Crippen LogP contribution in [0.25, 0.3) is 0 Å². The Morgan fingerprint density at radius 1 is 1.21 bits per heavy atom. The number of ether oxygens (including phenoxy) is 1. The van der Waals surface area contributed by atoms with Gasteiger partial charge in [-0.05, 0) is 42.9 Å². The minimum atomic E-state index is -3.37. The fourth-order valence-corrected chi connectivity index (χ4v) is 2.64. The average Bonchev–Trinajstić information content (AvgIpc) is 2.36. The maximum Gasteiger partial charge on any atom is 0.232 e. The van der Waals surface area contributed by atoms with Gasteiger partial charge >= 0.3 is 0 Å². The zero-order chi connectivity index (χ0) is 14.3. The second-order valence-corrected chi connectivity index (χ2v) is 7.67. The van der Waals surface area contributed by atoms with Crippen molar-refractivity contribution in [3.8, 4) is 5.75 Å². The van der Waals surface area contributed by atoms with Crippen molar-refractivity contribution in [2.24, 2.45) is 5.92 Å². The Labute approximate surface area is 120 Å². The molecule has 0 aliphatic heterocycles. The lowest BCUT2D eigenvalue weighted by molar-refractivity contribution is 0.282. The monoisotopic (exact) mass is 304 g/mol. The Morgan fingerprint density at radius 3 is 2.37 bits per heavy atom. The number of halogens is 1. The van der Waals surface area contributed by atoms with Crippen LogP contribution in [0.15, 0.2) is 24.3 Å². The highest BCUT2D eigenvalue weighted by Crippen LogP contribution is 2.15. The van der Waals surface area contributed by atoms with Crippen LogP contribution in [0.1, 0.15) is 32.3 Å². The normalized spacial score (nSPS) is 13.2. The van der Waals surface area contributed by atoms with Gasteiger partial charge in [0.15, 0.2) is 0 Å². The Morgan fingerprint density at radius 2 is 1.84 bits per heavy atom. The van der Waals surface area contributed by atoms with E-state index in [0.29, 0.717) is 13.0 Å². The minimum Gasteiger partial charge on any atom is -0.494 e. The van der Waals surface area contributed by atoms with E-state index in [9.17, 15) is 8.42 Å². The lowest BCUT2D eigenvalue weighted by Crippen LogP contribution is -2.08. The highest BCUT2D eigenvalue weighted by atomic mass is 35.7. The predicted molar refractivity (Wildman–Crippen MR) is 79.4 cm³/mol. The first-order valence-corrected chi connectivity index (χ1v) is 9.02. The van der Waals surface area contributed by atoms with Gasteiger partial charge in [0.1, 0.15) is 5.75 Å². The van der Waals surface area contributed by atoms with Crippen LogP contribution in [0.5, 0.6) is 5.75 Å². The van der Waals surface area contributed by atoms with E-state index < -0.39 is 9.05 Å². The molecule has 0 heterocycles. The summed E-state index contributed by atoms with van der Waals surface area (Å²) < 4.78 is 27.3. The van der Waals surface area contributed by atoms with E-state index in [1.807, 2.05) is 19.1 Å². The summed E-state index contributed by atoms with van der Waals surface area (Å²) in [5, 5.41) is 0. The Bertz CT molecular complexity index is 468. The van der Waals surface area contributed by atoms with Gasteiger partial charge in [-0.15, -0.1) is 0 Å². The summed E-state index contributed by atoms with van der Waals surface area (Å²) in [6, 6.07) is 8.04. The average molecular weight is 305 g/mol. The van der Waals surface area contributed by atoms with E-state index in [1.165, 1.54) is 5.56 Å². The van der Waals surface area contributed by atoms with Crippen molar-refractivity contribution in [1.29, 1.82) is 0 Å². The maximum absolute atomic E-state index is 10.8. The van der Waals surface area contributed by atoms with Crippen LogP contribution >= 0.6 is 10.7 Å². The molecule has 0 amide bonds. The fourth-order valence-electron chi connectivity index (χ4n) is 1.69. The Kier molecular flexibility index (Phi) is 6.66. The molecular formula is C14H21ClO3S. The van der Waals surface area contributed by atoms with Crippen LogP contribution in [-0.4, -0.2) is 20.8 Å². The zero-order valence-corrected chi connectivity index (χ0v) is 13.0. The van der Waals surface area contributed by atoms with Crippen LogP contribution in [0, 0.1) is 5.92 Å². The molecule has 0 aromatic heterocycles. The van der Waals surface area contributed by atoms with Crippen molar-refractivity contribution in [1.82, 2.24) is 0 Å². The summed E-state index contributed by atoms with van der Waals surface area (Å²) in [6.07, 6.45) is 2.41. The van der Waals surface area contributed by atoms with Gasteiger partial charge in [-0.3, -0.25) is 0 Å². The second-order valence-electron chi connectivity index (χ2n) is 4.77. The molecular weight excluding hydrogens is 284 g/mol. The smallest absolute Gasteiger partial charge is 0.232 e. The quantitative estimate of drug-likeness (QED) is 0.689. The molecule has 108 valence electrons. The molecule has 1 rings (SSSR count). The third-order valence-corrected chi connectivity index (χ3v) is 4.25. The van der Waals surface area contributed by atoms with Gasteiger partial charge in [-0.2, -0.15) is 0 Å². The largest absolute Gasteiger partial charge is 0.494 e. The summed E-state index contributed by atoms with van der Waals surface area (Å²) in [5.74, 6) is 1.17. The van der Waals surface area contributed by atoms with E-state index in [2.05, 4.69) is 19.1 Å². The molecule has 0 radical (unpaired) electrons. The van der Waals surface area contributed by atoms with E-state index in [-0.39, 0.29) is 11.7 Å². The number of hydrogen-bond acceptors (Lipinski definition) is 3. The summed E-state index contributed by atoms with van der Waals surface area (Å²) in [5.41, 5.74) is 1.29. The molecule has 19 heavy (non-hydrogen) atoms. The highest BCUT2D eigenvalue weighted by Gasteiger charge is 2.09. The molecule has 0 spiro atoms. The summed E-state index contributed by atoms with van der Waals surface area (Å²) in [6.45, 7) is 4.71. The van der Waals surface area contributed by atoms with E-state index in [1.54, 1.807) is 0 Å². The second kappa shape index (κ2) is 7.75. The third kappa shape index (κ3) is 7.43. The molecule has 1 atom stereocenters. The summed E-state index contributed by atoms with van der Waals surface area (Å²) in [4.78, 5) is 0. The Hall–Kier alpha value is -0.740. The van der Waals surface area contributed by atoms with Gasteiger partial charge < -0.3 is 4.74 Å². The van der Waals surface area contributed by atoms with Crippen molar-refractivity contribution < 1.29 is 13.2 Å². The zero-order valence-electron chi connectivity index (χ0n) is 11.4. The number of rotatable bonds is 8. The van der Waals surface area contributed by atoms with Crippen LogP contribution in [-0.2, 0) is 15.5 Å². The van der Waals surface area contributed by atoms with Gasteiger partial charge in [0.2, 0.25) is 9.05 Å². The number of hydrogen-bond donors (Lipinski definition) is 0.